The van der Waals surface area contributed by atoms with Crippen LogP contribution in [0.1, 0.15) is 43.4 Å². The molecule has 1 aliphatic carbocycles. The molecule has 1 N–H and O–H groups in total. The van der Waals surface area contributed by atoms with E-state index in [0.717, 1.165) is 30.4 Å². The van der Waals surface area contributed by atoms with Crippen molar-refractivity contribution in [2.24, 2.45) is 0 Å². The van der Waals surface area contributed by atoms with Crippen LogP contribution in [-0.4, -0.2) is 33.3 Å². The summed E-state index contributed by atoms with van der Waals surface area (Å²) < 4.78 is 29.4. The van der Waals surface area contributed by atoms with Crippen LogP contribution in [0.15, 0.2) is 42.5 Å². The maximum atomic E-state index is 13.3. The predicted octanol–water partition coefficient (Wildman–Crippen LogP) is 4.16. The number of nitrogens with one attached hydrogen (secondary N) is 1. The maximum Gasteiger partial charge on any atom is 0.231 e. The molecule has 29 heavy (non-hydrogen) atoms. The molecule has 1 amide bonds. The van der Waals surface area contributed by atoms with Crippen LogP contribution in [0.4, 0.5) is 4.39 Å². The highest BCUT2D eigenvalue weighted by Crippen LogP contribution is 2.44. The van der Waals surface area contributed by atoms with E-state index in [0.29, 0.717) is 24.7 Å². The van der Waals surface area contributed by atoms with Gasteiger partial charge in [0.05, 0.1) is 25.2 Å². The van der Waals surface area contributed by atoms with Crippen molar-refractivity contribution < 1.29 is 23.4 Å². The van der Waals surface area contributed by atoms with Crippen molar-refractivity contribution in [3.05, 3.63) is 59.4 Å². The fourth-order valence-corrected chi connectivity index (χ4v) is 3.67. The Morgan fingerprint density at radius 3 is 2.41 bits per heavy atom. The molecule has 1 atom stereocenters. The number of rotatable bonds is 9. The fourth-order valence-electron chi connectivity index (χ4n) is 3.67. The first-order valence-electron chi connectivity index (χ1n) is 9.87. The van der Waals surface area contributed by atoms with Gasteiger partial charge in [-0.1, -0.05) is 24.6 Å². The zero-order valence-electron chi connectivity index (χ0n) is 17.2. The summed E-state index contributed by atoms with van der Waals surface area (Å²) in [5.41, 5.74) is 1.21. The molecular formula is C23H28FNO4. The Morgan fingerprint density at radius 2 is 1.83 bits per heavy atom. The SMILES string of the molecule is COCCOc1ccc(C(C)NC(=O)C2(c3ccc(F)cc3)CCC2)cc1OC. The van der Waals surface area contributed by atoms with Crippen LogP contribution in [0.2, 0.25) is 0 Å². The lowest BCUT2D eigenvalue weighted by molar-refractivity contribution is -0.130. The van der Waals surface area contributed by atoms with Crippen LogP contribution in [-0.2, 0) is 14.9 Å². The Hall–Kier alpha value is -2.60. The Balaban J connectivity index is 1.72. The van der Waals surface area contributed by atoms with E-state index in [1.165, 1.54) is 12.1 Å². The first-order valence-corrected chi connectivity index (χ1v) is 9.87. The molecule has 0 spiro atoms. The van der Waals surface area contributed by atoms with Crippen molar-refractivity contribution in [3.8, 4) is 11.5 Å². The Labute approximate surface area is 171 Å². The minimum absolute atomic E-state index is 0.0257. The standard InChI is InChI=1S/C23H28FNO4/c1-16(17-5-10-20(21(15-17)28-3)29-14-13-27-2)25-22(26)23(11-4-12-23)18-6-8-19(24)9-7-18/h5-10,15-16H,4,11-14H2,1-3H3,(H,25,26). The molecule has 1 saturated carbocycles. The highest BCUT2D eigenvalue weighted by Gasteiger charge is 2.45. The zero-order valence-corrected chi connectivity index (χ0v) is 17.2. The average Bonchev–Trinajstić information content (AvgIpc) is 2.68. The molecule has 156 valence electrons. The maximum absolute atomic E-state index is 13.3. The number of halogens is 1. The van der Waals surface area contributed by atoms with E-state index in [1.54, 1.807) is 26.4 Å². The Kier molecular flexibility index (Phi) is 6.75. The van der Waals surface area contributed by atoms with Crippen LogP contribution in [0, 0.1) is 5.82 Å². The van der Waals surface area contributed by atoms with Gasteiger partial charge in [-0.05, 0) is 55.2 Å². The van der Waals surface area contributed by atoms with Gasteiger partial charge in [0.25, 0.3) is 0 Å². The van der Waals surface area contributed by atoms with Gasteiger partial charge in [-0.3, -0.25) is 4.79 Å². The normalized spacial score (nSPS) is 15.9. The third-order valence-corrected chi connectivity index (χ3v) is 5.62. The molecule has 0 aliphatic heterocycles. The minimum Gasteiger partial charge on any atom is -0.493 e. The molecule has 0 saturated heterocycles. The van der Waals surface area contributed by atoms with Crippen LogP contribution in [0.5, 0.6) is 11.5 Å². The van der Waals surface area contributed by atoms with E-state index < -0.39 is 5.41 Å². The fraction of sp³-hybridized carbons (Fsp3) is 0.435. The van der Waals surface area contributed by atoms with Crippen molar-refractivity contribution in [3.63, 3.8) is 0 Å². The summed E-state index contributed by atoms with van der Waals surface area (Å²) in [4.78, 5) is 13.1. The summed E-state index contributed by atoms with van der Waals surface area (Å²) in [7, 11) is 3.21. The number of hydrogen-bond donors (Lipinski definition) is 1. The van der Waals surface area contributed by atoms with Gasteiger partial charge in [0.2, 0.25) is 5.91 Å². The average molecular weight is 401 g/mol. The Morgan fingerprint density at radius 1 is 1.10 bits per heavy atom. The van der Waals surface area contributed by atoms with E-state index in [2.05, 4.69) is 5.32 Å². The second-order valence-electron chi connectivity index (χ2n) is 7.39. The van der Waals surface area contributed by atoms with Gasteiger partial charge >= 0.3 is 0 Å². The number of methoxy groups -OCH3 is 2. The van der Waals surface area contributed by atoms with Crippen LogP contribution >= 0.6 is 0 Å². The molecule has 0 aromatic heterocycles. The molecule has 6 heteroatoms. The van der Waals surface area contributed by atoms with Gasteiger partial charge in [-0.15, -0.1) is 0 Å². The van der Waals surface area contributed by atoms with Crippen molar-refractivity contribution in [2.45, 2.75) is 37.6 Å². The number of carbonyl (C=O) groups excluding carboxylic acids is 1. The largest absolute Gasteiger partial charge is 0.493 e. The zero-order chi connectivity index (χ0) is 20.9. The topological polar surface area (TPSA) is 56.8 Å². The van der Waals surface area contributed by atoms with Gasteiger partial charge in [0.1, 0.15) is 12.4 Å². The molecule has 1 fully saturated rings. The smallest absolute Gasteiger partial charge is 0.231 e. The van der Waals surface area contributed by atoms with Crippen molar-refractivity contribution in [1.82, 2.24) is 5.32 Å². The second-order valence-corrected chi connectivity index (χ2v) is 7.39. The van der Waals surface area contributed by atoms with E-state index in [1.807, 2.05) is 25.1 Å². The number of carbonyl (C=O) groups is 1. The summed E-state index contributed by atoms with van der Waals surface area (Å²) in [6.45, 7) is 2.86. The molecule has 1 unspecified atom stereocenters. The molecule has 5 nitrogen and oxygen atoms in total. The molecule has 0 radical (unpaired) electrons. The van der Waals surface area contributed by atoms with Crippen molar-refractivity contribution in [2.75, 3.05) is 27.4 Å². The van der Waals surface area contributed by atoms with E-state index >= 15 is 0 Å². The van der Waals surface area contributed by atoms with Gasteiger partial charge in [0, 0.05) is 7.11 Å². The summed E-state index contributed by atoms with van der Waals surface area (Å²) in [6, 6.07) is 11.7. The first kappa shape index (κ1) is 21.1. The van der Waals surface area contributed by atoms with Gasteiger partial charge in [-0.2, -0.15) is 0 Å². The molecule has 2 aromatic carbocycles. The number of benzene rings is 2. The molecule has 0 heterocycles. The number of hydrogen-bond acceptors (Lipinski definition) is 4. The lowest BCUT2D eigenvalue weighted by Gasteiger charge is -2.41. The van der Waals surface area contributed by atoms with E-state index in [9.17, 15) is 9.18 Å². The lowest BCUT2D eigenvalue weighted by atomic mass is 9.63. The van der Waals surface area contributed by atoms with Crippen LogP contribution in [0.3, 0.4) is 0 Å². The summed E-state index contributed by atoms with van der Waals surface area (Å²) in [6.07, 6.45) is 2.53. The minimum atomic E-state index is -0.574. The first-order chi connectivity index (χ1) is 14.0. The third kappa shape index (κ3) is 4.53. The molecular weight excluding hydrogens is 373 g/mol. The monoisotopic (exact) mass is 401 g/mol. The molecule has 1 aliphatic rings. The quantitative estimate of drug-likeness (QED) is 0.641. The summed E-state index contributed by atoms with van der Waals surface area (Å²) >= 11 is 0. The molecule has 2 aromatic rings. The molecule has 0 bridgehead atoms. The summed E-state index contributed by atoms with van der Waals surface area (Å²) in [5.74, 6) is 0.921. The van der Waals surface area contributed by atoms with Crippen LogP contribution in [0.25, 0.3) is 0 Å². The molecule has 3 rings (SSSR count). The van der Waals surface area contributed by atoms with Gasteiger partial charge < -0.3 is 19.5 Å². The van der Waals surface area contributed by atoms with Crippen LogP contribution < -0.4 is 14.8 Å². The number of amides is 1. The predicted molar refractivity (Wildman–Crippen MR) is 109 cm³/mol. The second kappa shape index (κ2) is 9.27. The Bertz CT molecular complexity index is 833. The summed E-state index contributed by atoms with van der Waals surface area (Å²) in [5, 5.41) is 3.13. The van der Waals surface area contributed by atoms with Crippen molar-refractivity contribution >= 4 is 5.91 Å². The van der Waals surface area contributed by atoms with Gasteiger partial charge in [-0.25, -0.2) is 4.39 Å². The lowest BCUT2D eigenvalue weighted by Crippen LogP contribution is -2.49. The third-order valence-electron chi connectivity index (χ3n) is 5.62. The highest BCUT2D eigenvalue weighted by atomic mass is 19.1. The van der Waals surface area contributed by atoms with E-state index in [-0.39, 0.29) is 17.8 Å². The number of ether oxygens (including phenoxy) is 3. The van der Waals surface area contributed by atoms with Gasteiger partial charge in [0.15, 0.2) is 11.5 Å². The van der Waals surface area contributed by atoms with Crippen molar-refractivity contribution in [1.29, 1.82) is 0 Å². The van der Waals surface area contributed by atoms with E-state index in [4.69, 9.17) is 14.2 Å². The highest BCUT2D eigenvalue weighted by molar-refractivity contribution is 5.89.